The Bertz CT molecular complexity index is 484. The van der Waals surface area contributed by atoms with E-state index in [9.17, 15) is 15.0 Å². The quantitative estimate of drug-likeness (QED) is 0.725. The largest absolute Gasteiger partial charge is 0.508 e. The summed E-state index contributed by atoms with van der Waals surface area (Å²) in [5, 5.41) is 22.7. The fourth-order valence-electron chi connectivity index (χ4n) is 2.80. The Hall–Kier alpha value is -1.75. The maximum absolute atomic E-state index is 12.6. The number of hydrogen-bond acceptors (Lipinski definition) is 4. The number of aromatic hydroxyl groups is 2. The molecule has 2 rings (SSSR count). The number of phenolic OH excluding ortho intramolecular Hbond substituents is 2. The molecule has 1 aliphatic heterocycles. The monoisotopic (exact) mass is 292 g/mol. The molecular formula is C16H24N2O3. The van der Waals surface area contributed by atoms with Gasteiger partial charge >= 0.3 is 0 Å². The highest BCUT2D eigenvalue weighted by atomic mass is 16.3. The smallest absolute Gasteiger partial charge is 0.257 e. The lowest BCUT2D eigenvalue weighted by atomic mass is 9.98. The number of phenols is 2. The third-order valence-electron chi connectivity index (χ3n) is 3.87. The van der Waals surface area contributed by atoms with Crippen LogP contribution in [0.2, 0.25) is 0 Å². The number of carbonyl (C=O) groups excluding carboxylic acids is 1. The molecule has 1 unspecified atom stereocenters. The van der Waals surface area contributed by atoms with Crippen molar-refractivity contribution in [3.05, 3.63) is 23.8 Å². The van der Waals surface area contributed by atoms with Crippen LogP contribution in [0.1, 0.15) is 36.5 Å². The molecule has 21 heavy (non-hydrogen) atoms. The van der Waals surface area contributed by atoms with E-state index in [4.69, 9.17) is 0 Å². The van der Waals surface area contributed by atoms with Crippen LogP contribution in [0, 0.1) is 5.92 Å². The van der Waals surface area contributed by atoms with Gasteiger partial charge in [-0.3, -0.25) is 4.79 Å². The second kappa shape index (κ2) is 7.31. The lowest BCUT2D eigenvalue weighted by Gasteiger charge is -2.30. The molecule has 1 fully saturated rings. The maximum Gasteiger partial charge on any atom is 0.257 e. The number of rotatable bonds is 5. The Kier molecular flexibility index (Phi) is 5.44. The number of nitrogens with one attached hydrogen (secondary N) is 1. The molecular weight excluding hydrogens is 268 g/mol. The molecule has 1 aromatic rings. The first-order chi connectivity index (χ1) is 10.1. The van der Waals surface area contributed by atoms with Crippen LogP contribution in [0.4, 0.5) is 0 Å². The number of carbonyl (C=O) groups is 1. The van der Waals surface area contributed by atoms with Crippen molar-refractivity contribution < 1.29 is 15.0 Å². The summed E-state index contributed by atoms with van der Waals surface area (Å²) in [5.74, 6) is 0.150. The SMILES string of the molecule is CCCN(CC1CCCNC1)C(=O)c1cc(O)ccc1O. The van der Waals surface area contributed by atoms with Gasteiger partial charge in [-0.25, -0.2) is 0 Å². The molecule has 1 heterocycles. The Morgan fingerprint density at radius 1 is 1.43 bits per heavy atom. The van der Waals surface area contributed by atoms with E-state index in [1.807, 2.05) is 6.92 Å². The predicted octanol–water partition coefficient (Wildman–Crippen LogP) is 1.95. The van der Waals surface area contributed by atoms with E-state index in [1.54, 1.807) is 4.90 Å². The Morgan fingerprint density at radius 2 is 2.24 bits per heavy atom. The summed E-state index contributed by atoms with van der Waals surface area (Å²) < 4.78 is 0. The Morgan fingerprint density at radius 3 is 2.90 bits per heavy atom. The van der Waals surface area contributed by atoms with Crippen LogP contribution in [0.5, 0.6) is 11.5 Å². The third kappa shape index (κ3) is 4.11. The zero-order valence-electron chi connectivity index (χ0n) is 12.5. The van der Waals surface area contributed by atoms with Crippen molar-refractivity contribution in [3.8, 4) is 11.5 Å². The van der Waals surface area contributed by atoms with Gasteiger partial charge < -0.3 is 20.4 Å². The van der Waals surface area contributed by atoms with Crippen LogP contribution in [-0.2, 0) is 0 Å². The van der Waals surface area contributed by atoms with Crippen molar-refractivity contribution in [2.24, 2.45) is 5.92 Å². The summed E-state index contributed by atoms with van der Waals surface area (Å²) in [6.45, 7) is 5.35. The molecule has 1 aliphatic rings. The fourth-order valence-corrected chi connectivity index (χ4v) is 2.80. The van der Waals surface area contributed by atoms with Gasteiger partial charge in [0.25, 0.3) is 5.91 Å². The van der Waals surface area contributed by atoms with Crippen LogP contribution < -0.4 is 5.32 Å². The van der Waals surface area contributed by atoms with E-state index in [2.05, 4.69) is 5.32 Å². The van der Waals surface area contributed by atoms with Gasteiger partial charge in [0, 0.05) is 13.1 Å². The first-order valence-electron chi connectivity index (χ1n) is 7.63. The molecule has 5 nitrogen and oxygen atoms in total. The molecule has 0 aromatic heterocycles. The molecule has 0 spiro atoms. The van der Waals surface area contributed by atoms with Crippen molar-refractivity contribution in [1.29, 1.82) is 0 Å². The van der Waals surface area contributed by atoms with E-state index in [-0.39, 0.29) is 23.0 Å². The molecule has 0 bridgehead atoms. The number of piperidine rings is 1. The summed E-state index contributed by atoms with van der Waals surface area (Å²) in [4.78, 5) is 14.4. The summed E-state index contributed by atoms with van der Waals surface area (Å²) in [6.07, 6.45) is 3.12. The molecule has 0 radical (unpaired) electrons. The second-order valence-electron chi connectivity index (χ2n) is 5.66. The maximum atomic E-state index is 12.6. The van der Waals surface area contributed by atoms with Crippen LogP contribution in [0.15, 0.2) is 18.2 Å². The lowest BCUT2D eigenvalue weighted by Crippen LogP contribution is -2.41. The van der Waals surface area contributed by atoms with Gasteiger partial charge in [-0.2, -0.15) is 0 Å². The normalized spacial score (nSPS) is 18.4. The average Bonchev–Trinajstić information content (AvgIpc) is 2.49. The van der Waals surface area contributed by atoms with Gasteiger partial charge in [-0.15, -0.1) is 0 Å². The predicted molar refractivity (Wildman–Crippen MR) is 81.6 cm³/mol. The summed E-state index contributed by atoms with van der Waals surface area (Å²) in [6, 6.07) is 4.07. The highest BCUT2D eigenvalue weighted by molar-refractivity contribution is 5.97. The Labute approximate surface area is 125 Å². The van der Waals surface area contributed by atoms with Crippen LogP contribution in [0.3, 0.4) is 0 Å². The van der Waals surface area contributed by atoms with Gasteiger partial charge in [-0.1, -0.05) is 6.92 Å². The number of nitrogens with zero attached hydrogens (tertiary/aromatic N) is 1. The van der Waals surface area contributed by atoms with Gasteiger partial charge in [0.2, 0.25) is 0 Å². The number of hydrogen-bond donors (Lipinski definition) is 3. The number of benzene rings is 1. The third-order valence-corrected chi connectivity index (χ3v) is 3.87. The topological polar surface area (TPSA) is 72.8 Å². The molecule has 0 saturated carbocycles. The highest BCUT2D eigenvalue weighted by Gasteiger charge is 2.23. The number of amides is 1. The first-order valence-corrected chi connectivity index (χ1v) is 7.63. The molecule has 1 amide bonds. The van der Waals surface area contributed by atoms with E-state index in [1.165, 1.54) is 18.2 Å². The minimum Gasteiger partial charge on any atom is -0.508 e. The zero-order valence-corrected chi connectivity index (χ0v) is 12.5. The molecule has 116 valence electrons. The average molecular weight is 292 g/mol. The van der Waals surface area contributed by atoms with Gasteiger partial charge in [0.1, 0.15) is 11.5 Å². The molecule has 0 aliphatic carbocycles. The van der Waals surface area contributed by atoms with E-state index in [0.29, 0.717) is 19.0 Å². The highest BCUT2D eigenvalue weighted by Crippen LogP contribution is 2.24. The molecule has 5 heteroatoms. The van der Waals surface area contributed by atoms with E-state index >= 15 is 0 Å². The second-order valence-corrected chi connectivity index (χ2v) is 5.66. The van der Waals surface area contributed by atoms with E-state index < -0.39 is 0 Å². The summed E-state index contributed by atoms with van der Waals surface area (Å²) in [7, 11) is 0. The minimum absolute atomic E-state index is 0.00747. The molecule has 3 N–H and O–H groups in total. The Balaban J connectivity index is 2.12. The van der Waals surface area contributed by atoms with Crippen molar-refractivity contribution >= 4 is 5.91 Å². The van der Waals surface area contributed by atoms with Crippen molar-refractivity contribution in [2.75, 3.05) is 26.2 Å². The summed E-state index contributed by atoms with van der Waals surface area (Å²) >= 11 is 0. The van der Waals surface area contributed by atoms with Crippen LogP contribution in [-0.4, -0.2) is 47.2 Å². The molecule has 1 atom stereocenters. The molecule has 1 saturated heterocycles. The van der Waals surface area contributed by atoms with Crippen LogP contribution in [0.25, 0.3) is 0 Å². The van der Waals surface area contributed by atoms with Gasteiger partial charge in [-0.05, 0) is 56.5 Å². The summed E-state index contributed by atoms with van der Waals surface area (Å²) in [5.41, 5.74) is 0.173. The van der Waals surface area contributed by atoms with Crippen molar-refractivity contribution in [3.63, 3.8) is 0 Å². The van der Waals surface area contributed by atoms with Crippen LogP contribution >= 0.6 is 0 Å². The lowest BCUT2D eigenvalue weighted by molar-refractivity contribution is 0.0715. The van der Waals surface area contributed by atoms with Crippen molar-refractivity contribution in [2.45, 2.75) is 26.2 Å². The first kappa shape index (κ1) is 15.6. The van der Waals surface area contributed by atoms with E-state index in [0.717, 1.165) is 32.4 Å². The van der Waals surface area contributed by atoms with Crippen molar-refractivity contribution in [1.82, 2.24) is 10.2 Å². The fraction of sp³-hybridized carbons (Fsp3) is 0.562. The zero-order chi connectivity index (χ0) is 15.2. The van der Waals surface area contributed by atoms with Gasteiger partial charge in [0.15, 0.2) is 0 Å². The minimum atomic E-state index is -0.212. The standard InChI is InChI=1S/C16H24N2O3/c1-2-8-18(11-12-4-3-7-17-10-12)16(21)14-9-13(19)5-6-15(14)20/h5-6,9,12,17,19-20H,2-4,7-8,10-11H2,1H3. The molecule has 1 aromatic carbocycles. The van der Waals surface area contributed by atoms with Gasteiger partial charge in [0.05, 0.1) is 5.56 Å².